The zero-order chi connectivity index (χ0) is 11.4. The van der Waals surface area contributed by atoms with E-state index in [0.717, 1.165) is 0 Å². The third-order valence-electron chi connectivity index (χ3n) is 2.78. The van der Waals surface area contributed by atoms with Gasteiger partial charge in [-0.2, -0.15) is 0 Å². The Hall–Kier alpha value is -0.650. The van der Waals surface area contributed by atoms with E-state index >= 15 is 0 Å². The zero-order valence-electron chi connectivity index (χ0n) is 9.64. The fourth-order valence-corrected chi connectivity index (χ4v) is 1.85. The van der Waals surface area contributed by atoms with Gasteiger partial charge in [-0.05, 0) is 6.92 Å². The van der Waals surface area contributed by atoms with Crippen molar-refractivity contribution >= 4 is 5.91 Å². The monoisotopic (exact) mass is 216 g/mol. The molecule has 0 radical (unpaired) electrons. The lowest BCUT2D eigenvalue weighted by Crippen LogP contribution is -2.55. The fourth-order valence-electron chi connectivity index (χ4n) is 1.85. The number of morpholine rings is 1. The largest absolute Gasteiger partial charge is 0.395 e. The van der Waals surface area contributed by atoms with Crippen molar-refractivity contribution in [2.45, 2.75) is 19.0 Å². The van der Waals surface area contributed by atoms with E-state index in [2.05, 4.69) is 0 Å². The number of ether oxygens (including phenoxy) is 1. The van der Waals surface area contributed by atoms with E-state index in [4.69, 9.17) is 4.74 Å². The van der Waals surface area contributed by atoms with E-state index in [1.807, 2.05) is 11.8 Å². The Morgan fingerprint density at radius 3 is 2.87 bits per heavy atom. The Kier molecular flexibility index (Phi) is 4.50. The summed E-state index contributed by atoms with van der Waals surface area (Å²) in [5.74, 6) is 0.0651. The average Bonchev–Trinajstić information content (AvgIpc) is 2.26. The summed E-state index contributed by atoms with van der Waals surface area (Å²) in [4.78, 5) is 15.3. The van der Waals surface area contributed by atoms with Crippen LogP contribution in [0.25, 0.3) is 0 Å². The van der Waals surface area contributed by atoms with Crippen LogP contribution in [-0.2, 0) is 9.53 Å². The molecule has 0 saturated carbocycles. The van der Waals surface area contributed by atoms with Gasteiger partial charge in [0.25, 0.3) is 0 Å². The van der Waals surface area contributed by atoms with Crippen LogP contribution in [0.1, 0.15) is 6.92 Å². The minimum Gasteiger partial charge on any atom is -0.395 e. The van der Waals surface area contributed by atoms with Crippen molar-refractivity contribution in [3.63, 3.8) is 0 Å². The quantitative estimate of drug-likeness (QED) is 0.668. The van der Waals surface area contributed by atoms with E-state index in [9.17, 15) is 9.90 Å². The molecule has 0 aromatic carbocycles. The first-order valence-corrected chi connectivity index (χ1v) is 5.23. The predicted molar refractivity (Wildman–Crippen MR) is 56.6 cm³/mol. The van der Waals surface area contributed by atoms with Crippen molar-refractivity contribution in [2.24, 2.45) is 0 Å². The summed E-state index contributed by atoms with van der Waals surface area (Å²) in [7, 11) is 3.49. The number of likely N-dealkylation sites (N-methyl/N-ethyl adjacent to an activating group) is 1. The van der Waals surface area contributed by atoms with Crippen molar-refractivity contribution in [3.05, 3.63) is 0 Å². The zero-order valence-corrected chi connectivity index (χ0v) is 9.64. The minimum atomic E-state index is -0.193. The molecular weight excluding hydrogens is 196 g/mol. The molecule has 5 nitrogen and oxygen atoms in total. The van der Waals surface area contributed by atoms with Crippen LogP contribution in [0, 0.1) is 0 Å². The molecule has 1 heterocycles. The highest BCUT2D eigenvalue weighted by molar-refractivity contribution is 5.81. The summed E-state index contributed by atoms with van der Waals surface area (Å²) in [6.45, 7) is 3.73. The normalized spacial score (nSPS) is 24.9. The van der Waals surface area contributed by atoms with Crippen LogP contribution < -0.4 is 0 Å². The van der Waals surface area contributed by atoms with E-state index < -0.39 is 0 Å². The summed E-state index contributed by atoms with van der Waals surface area (Å²) in [5.41, 5.74) is 0. The number of nitrogens with zero attached hydrogens (tertiary/aromatic N) is 2. The van der Waals surface area contributed by atoms with Gasteiger partial charge in [-0.3, -0.25) is 9.69 Å². The van der Waals surface area contributed by atoms with Gasteiger partial charge in [0.15, 0.2) is 0 Å². The van der Waals surface area contributed by atoms with Gasteiger partial charge in [-0.1, -0.05) is 0 Å². The van der Waals surface area contributed by atoms with Crippen LogP contribution >= 0.6 is 0 Å². The summed E-state index contributed by atoms with van der Waals surface area (Å²) in [6.07, 6.45) is 0. The van der Waals surface area contributed by atoms with Gasteiger partial charge in [0.05, 0.1) is 31.9 Å². The van der Waals surface area contributed by atoms with Crippen molar-refractivity contribution in [1.82, 2.24) is 9.80 Å². The number of carbonyl (C=O) groups is 1. The maximum atomic E-state index is 11.8. The Labute approximate surface area is 90.6 Å². The number of aliphatic hydroxyl groups excluding tert-OH is 1. The van der Waals surface area contributed by atoms with Crippen molar-refractivity contribution < 1.29 is 14.6 Å². The SMILES string of the molecule is CC(C(=O)N(C)C)N1CCOCC1CO. The fraction of sp³-hybridized carbons (Fsp3) is 0.900. The van der Waals surface area contributed by atoms with Gasteiger partial charge in [0.2, 0.25) is 5.91 Å². The molecule has 1 aliphatic heterocycles. The number of hydrogen-bond acceptors (Lipinski definition) is 4. The molecule has 0 spiro atoms. The lowest BCUT2D eigenvalue weighted by atomic mass is 10.1. The first-order valence-electron chi connectivity index (χ1n) is 5.23. The molecule has 1 fully saturated rings. The molecule has 15 heavy (non-hydrogen) atoms. The number of hydrogen-bond donors (Lipinski definition) is 1. The van der Waals surface area contributed by atoms with Crippen molar-refractivity contribution in [1.29, 1.82) is 0 Å². The Bertz CT molecular complexity index is 221. The standard InChI is InChI=1S/C10H20N2O3/c1-8(10(14)11(2)3)12-4-5-15-7-9(12)6-13/h8-9,13H,4-7H2,1-3H3. The molecule has 1 saturated heterocycles. The molecule has 0 aromatic rings. The van der Waals surface area contributed by atoms with E-state index in [0.29, 0.717) is 19.8 Å². The first kappa shape index (κ1) is 12.4. The molecule has 1 rings (SSSR count). The van der Waals surface area contributed by atoms with Gasteiger partial charge in [0, 0.05) is 20.6 Å². The summed E-state index contributed by atoms with van der Waals surface area (Å²) in [6, 6.07) is -0.251. The number of amides is 1. The average molecular weight is 216 g/mol. The van der Waals surface area contributed by atoms with Gasteiger partial charge in [-0.25, -0.2) is 0 Å². The lowest BCUT2D eigenvalue weighted by Gasteiger charge is -2.38. The minimum absolute atomic E-state index is 0.0328. The van der Waals surface area contributed by atoms with Crippen LogP contribution in [0.2, 0.25) is 0 Å². The third kappa shape index (κ3) is 2.90. The van der Waals surface area contributed by atoms with Crippen LogP contribution in [0.5, 0.6) is 0 Å². The van der Waals surface area contributed by atoms with Crippen LogP contribution in [0.4, 0.5) is 0 Å². The number of carbonyl (C=O) groups excluding carboxylic acids is 1. The Balaban J connectivity index is 2.63. The molecule has 0 aliphatic carbocycles. The van der Waals surface area contributed by atoms with Crippen LogP contribution in [0.15, 0.2) is 0 Å². The number of aliphatic hydroxyl groups is 1. The van der Waals surface area contributed by atoms with Gasteiger partial charge >= 0.3 is 0 Å². The molecule has 0 bridgehead atoms. The maximum absolute atomic E-state index is 11.8. The predicted octanol–water partition coefficient (Wildman–Crippen LogP) is -0.844. The Morgan fingerprint density at radius 1 is 1.67 bits per heavy atom. The van der Waals surface area contributed by atoms with Crippen molar-refractivity contribution in [3.8, 4) is 0 Å². The van der Waals surface area contributed by atoms with E-state index in [1.165, 1.54) is 0 Å². The maximum Gasteiger partial charge on any atom is 0.239 e. The molecule has 88 valence electrons. The number of rotatable bonds is 3. The van der Waals surface area contributed by atoms with Crippen LogP contribution in [-0.4, -0.2) is 73.4 Å². The third-order valence-corrected chi connectivity index (χ3v) is 2.78. The molecule has 1 amide bonds. The highest BCUT2D eigenvalue weighted by atomic mass is 16.5. The topological polar surface area (TPSA) is 53.0 Å². The summed E-state index contributed by atoms with van der Waals surface area (Å²) < 4.78 is 5.27. The highest BCUT2D eigenvalue weighted by Crippen LogP contribution is 2.12. The lowest BCUT2D eigenvalue weighted by molar-refractivity contribution is -0.138. The van der Waals surface area contributed by atoms with Gasteiger partial charge < -0.3 is 14.7 Å². The second-order valence-electron chi connectivity index (χ2n) is 4.06. The highest BCUT2D eigenvalue weighted by Gasteiger charge is 2.30. The smallest absolute Gasteiger partial charge is 0.239 e. The van der Waals surface area contributed by atoms with E-state index in [1.54, 1.807) is 19.0 Å². The van der Waals surface area contributed by atoms with Crippen LogP contribution in [0.3, 0.4) is 0 Å². The van der Waals surface area contributed by atoms with Gasteiger partial charge in [0.1, 0.15) is 0 Å². The summed E-state index contributed by atoms with van der Waals surface area (Å²) in [5, 5.41) is 9.18. The molecule has 0 aromatic heterocycles. The molecule has 1 aliphatic rings. The van der Waals surface area contributed by atoms with Crippen molar-refractivity contribution in [2.75, 3.05) is 40.5 Å². The molecule has 5 heteroatoms. The molecule has 2 unspecified atom stereocenters. The summed E-state index contributed by atoms with van der Waals surface area (Å²) >= 11 is 0. The molecule has 2 atom stereocenters. The molecule has 1 N–H and O–H groups in total. The first-order chi connectivity index (χ1) is 7.07. The second kappa shape index (κ2) is 5.44. The van der Waals surface area contributed by atoms with Gasteiger partial charge in [-0.15, -0.1) is 0 Å². The second-order valence-corrected chi connectivity index (χ2v) is 4.06. The van der Waals surface area contributed by atoms with E-state index in [-0.39, 0.29) is 24.6 Å². The Morgan fingerprint density at radius 2 is 2.33 bits per heavy atom. The molecular formula is C10H20N2O3.